The molecule has 0 N–H and O–H groups in total. The molecular formula is C13H18ClNO3. The summed E-state index contributed by atoms with van der Waals surface area (Å²) in [4.78, 5) is 13.3. The molecule has 0 aliphatic rings. The zero-order chi connectivity index (χ0) is 13.4. The van der Waals surface area contributed by atoms with Crippen molar-refractivity contribution < 1.29 is 14.3 Å². The number of nitrogens with zero attached hydrogens (tertiary/aromatic N) is 1. The van der Waals surface area contributed by atoms with E-state index in [-0.39, 0.29) is 12.5 Å². The molecule has 0 bridgehead atoms. The van der Waals surface area contributed by atoms with E-state index in [1.54, 1.807) is 7.11 Å². The lowest BCUT2D eigenvalue weighted by atomic mass is 10.2. The fraction of sp³-hybridized carbons (Fsp3) is 0.462. The van der Waals surface area contributed by atoms with Gasteiger partial charge < -0.3 is 9.47 Å². The summed E-state index contributed by atoms with van der Waals surface area (Å²) in [5.41, 5.74) is 0.985. The minimum atomic E-state index is -0.266. The summed E-state index contributed by atoms with van der Waals surface area (Å²) in [6.07, 6.45) is 0. The van der Waals surface area contributed by atoms with Crippen LogP contribution < -0.4 is 0 Å². The fourth-order valence-corrected chi connectivity index (χ4v) is 1.74. The van der Waals surface area contributed by atoms with E-state index in [1.807, 2.05) is 29.2 Å². The Bertz CT molecular complexity index is 384. The average molecular weight is 272 g/mol. The normalized spacial score (nSPS) is 10.7. The molecule has 0 heterocycles. The molecule has 0 aromatic heterocycles. The van der Waals surface area contributed by atoms with Crippen molar-refractivity contribution in [2.24, 2.45) is 0 Å². The van der Waals surface area contributed by atoms with Gasteiger partial charge in [-0.15, -0.1) is 0 Å². The van der Waals surface area contributed by atoms with Crippen LogP contribution in [0.4, 0.5) is 0 Å². The third-order valence-electron chi connectivity index (χ3n) is 2.54. The maximum absolute atomic E-state index is 11.3. The van der Waals surface area contributed by atoms with Crippen molar-refractivity contribution in [1.82, 2.24) is 4.90 Å². The molecule has 0 spiro atoms. The lowest BCUT2D eigenvalue weighted by Gasteiger charge is -2.21. The van der Waals surface area contributed by atoms with Crippen LogP contribution in [0.25, 0.3) is 0 Å². The highest BCUT2D eigenvalue weighted by molar-refractivity contribution is 6.31. The smallest absolute Gasteiger partial charge is 0.319 e. The SMILES string of the molecule is COCCN(CC(=O)OC)Cc1ccccc1Cl. The Labute approximate surface area is 112 Å². The number of ether oxygens (including phenoxy) is 2. The predicted octanol–water partition coefficient (Wildman–Crippen LogP) is 1.96. The Morgan fingerprint density at radius 1 is 1.33 bits per heavy atom. The van der Waals surface area contributed by atoms with Crippen LogP contribution in [0.5, 0.6) is 0 Å². The number of esters is 1. The van der Waals surface area contributed by atoms with Crippen LogP contribution in [-0.2, 0) is 20.8 Å². The lowest BCUT2D eigenvalue weighted by molar-refractivity contribution is -0.142. The Morgan fingerprint density at radius 3 is 2.67 bits per heavy atom. The molecule has 0 radical (unpaired) electrons. The Balaban J connectivity index is 2.65. The van der Waals surface area contributed by atoms with E-state index in [9.17, 15) is 4.79 Å². The largest absolute Gasteiger partial charge is 0.468 e. The molecule has 0 aliphatic heterocycles. The first-order valence-electron chi connectivity index (χ1n) is 5.69. The van der Waals surface area contributed by atoms with Crippen molar-refractivity contribution in [3.8, 4) is 0 Å². The third kappa shape index (κ3) is 5.04. The third-order valence-corrected chi connectivity index (χ3v) is 2.91. The average Bonchev–Trinajstić information content (AvgIpc) is 2.38. The number of carbonyl (C=O) groups excluding carboxylic acids is 1. The highest BCUT2D eigenvalue weighted by Crippen LogP contribution is 2.16. The first kappa shape index (κ1) is 15.0. The number of hydrogen-bond acceptors (Lipinski definition) is 4. The van der Waals surface area contributed by atoms with E-state index >= 15 is 0 Å². The fourth-order valence-electron chi connectivity index (χ4n) is 1.55. The Hall–Kier alpha value is -1.10. The molecule has 0 aliphatic carbocycles. The van der Waals surface area contributed by atoms with E-state index in [4.69, 9.17) is 16.3 Å². The maximum atomic E-state index is 11.3. The number of rotatable bonds is 7. The summed E-state index contributed by atoms with van der Waals surface area (Å²) < 4.78 is 9.70. The summed E-state index contributed by atoms with van der Waals surface area (Å²) in [6.45, 7) is 2.03. The Morgan fingerprint density at radius 2 is 2.06 bits per heavy atom. The first-order valence-corrected chi connectivity index (χ1v) is 6.06. The quantitative estimate of drug-likeness (QED) is 0.711. The van der Waals surface area contributed by atoms with Crippen LogP contribution in [0.2, 0.25) is 5.02 Å². The zero-order valence-electron chi connectivity index (χ0n) is 10.7. The van der Waals surface area contributed by atoms with Crippen LogP contribution >= 0.6 is 11.6 Å². The molecule has 1 aromatic carbocycles. The van der Waals surface area contributed by atoms with Gasteiger partial charge in [-0.05, 0) is 11.6 Å². The molecule has 1 rings (SSSR count). The number of benzene rings is 1. The van der Waals surface area contributed by atoms with Gasteiger partial charge in [-0.25, -0.2) is 0 Å². The minimum absolute atomic E-state index is 0.227. The second-order valence-electron chi connectivity index (χ2n) is 3.87. The minimum Gasteiger partial charge on any atom is -0.468 e. The molecule has 5 heteroatoms. The molecule has 4 nitrogen and oxygen atoms in total. The van der Waals surface area contributed by atoms with Gasteiger partial charge in [-0.3, -0.25) is 9.69 Å². The molecule has 18 heavy (non-hydrogen) atoms. The summed E-state index contributed by atoms with van der Waals surface area (Å²) in [5, 5.41) is 0.699. The second-order valence-corrected chi connectivity index (χ2v) is 4.28. The van der Waals surface area contributed by atoms with Crippen LogP contribution in [-0.4, -0.2) is 44.8 Å². The summed E-state index contributed by atoms with van der Waals surface area (Å²) in [7, 11) is 3.01. The van der Waals surface area contributed by atoms with Crippen LogP contribution in [0, 0.1) is 0 Å². The standard InChI is InChI=1S/C13H18ClNO3/c1-17-8-7-15(10-13(16)18-2)9-11-5-3-4-6-12(11)14/h3-6H,7-10H2,1-2H3. The topological polar surface area (TPSA) is 38.8 Å². The van der Waals surface area contributed by atoms with E-state index < -0.39 is 0 Å². The van der Waals surface area contributed by atoms with Crippen molar-refractivity contribution in [3.05, 3.63) is 34.9 Å². The van der Waals surface area contributed by atoms with Crippen LogP contribution in [0.1, 0.15) is 5.56 Å². The molecule has 0 unspecified atom stereocenters. The van der Waals surface area contributed by atoms with Gasteiger partial charge in [0.2, 0.25) is 0 Å². The van der Waals surface area contributed by atoms with Gasteiger partial charge in [0.15, 0.2) is 0 Å². The second kappa shape index (κ2) is 8.08. The zero-order valence-corrected chi connectivity index (χ0v) is 11.4. The molecule has 0 saturated heterocycles. The van der Waals surface area contributed by atoms with Gasteiger partial charge >= 0.3 is 5.97 Å². The van der Waals surface area contributed by atoms with Crippen LogP contribution in [0.3, 0.4) is 0 Å². The lowest BCUT2D eigenvalue weighted by Crippen LogP contribution is -2.33. The monoisotopic (exact) mass is 271 g/mol. The van der Waals surface area contributed by atoms with Crippen molar-refractivity contribution >= 4 is 17.6 Å². The van der Waals surface area contributed by atoms with Crippen molar-refractivity contribution in [1.29, 1.82) is 0 Å². The first-order chi connectivity index (χ1) is 8.67. The van der Waals surface area contributed by atoms with Crippen LogP contribution in [0.15, 0.2) is 24.3 Å². The molecule has 100 valence electrons. The predicted molar refractivity (Wildman–Crippen MR) is 70.6 cm³/mol. The highest BCUT2D eigenvalue weighted by Gasteiger charge is 2.12. The molecule has 0 atom stereocenters. The number of methoxy groups -OCH3 is 2. The molecule has 0 saturated carbocycles. The van der Waals surface area contributed by atoms with E-state index in [0.29, 0.717) is 24.7 Å². The Kier molecular flexibility index (Phi) is 6.72. The van der Waals surface area contributed by atoms with Gasteiger partial charge in [0.25, 0.3) is 0 Å². The molecule has 0 amide bonds. The van der Waals surface area contributed by atoms with Gasteiger partial charge in [0, 0.05) is 25.2 Å². The number of carbonyl (C=O) groups is 1. The van der Waals surface area contributed by atoms with Gasteiger partial charge in [0.05, 0.1) is 20.3 Å². The van der Waals surface area contributed by atoms with Crippen molar-refractivity contribution in [3.63, 3.8) is 0 Å². The van der Waals surface area contributed by atoms with Crippen molar-refractivity contribution in [2.75, 3.05) is 33.9 Å². The van der Waals surface area contributed by atoms with E-state index in [2.05, 4.69) is 4.74 Å². The number of halogens is 1. The number of hydrogen-bond donors (Lipinski definition) is 0. The molecular weight excluding hydrogens is 254 g/mol. The van der Waals surface area contributed by atoms with Gasteiger partial charge in [0.1, 0.15) is 0 Å². The van der Waals surface area contributed by atoms with Gasteiger partial charge in [-0.1, -0.05) is 29.8 Å². The molecule has 1 aromatic rings. The van der Waals surface area contributed by atoms with E-state index in [1.165, 1.54) is 7.11 Å². The van der Waals surface area contributed by atoms with Gasteiger partial charge in [-0.2, -0.15) is 0 Å². The molecule has 0 fully saturated rings. The van der Waals surface area contributed by atoms with E-state index in [0.717, 1.165) is 5.56 Å². The summed E-state index contributed by atoms with van der Waals surface area (Å²) in [6, 6.07) is 7.59. The van der Waals surface area contributed by atoms with Crippen molar-refractivity contribution in [2.45, 2.75) is 6.54 Å². The summed E-state index contributed by atoms with van der Waals surface area (Å²) >= 11 is 6.10. The highest BCUT2D eigenvalue weighted by atomic mass is 35.5. The maximum Gasteiger partial charge on any atom is 0.319 e. The summed E-state index contributed by atoms with van der Waals surface area (Å²) in [5.74, 6) is -0.266.